The summed E-state index contributed by atoms with van der Waals surface area (Å²) in [6.07, 6.45) is 3.83. The minimum atomic E-state index is -1.02. The Morgan fingerprint density at radius 1 is 2.00 bits per heavy atom. The van der Waals surface area contributed by atoms with Crippen molar-refractivity contribution < 1.29 is 9.90 Å². The topological polar surface area (TPSA) is 55.1 Å². The molecule has 4 nitrogen and oxygen atoms in total. The minimum absolute atomic E-state index is 0.0255. The van der Waals surface area contributed by atoms with E-state index in [9.17, 15) is 4.79 Å². The molecule has 0 aromatic carbocycles. The van der Waals surface area contributed by atoms with Gasteiger partial charge in [0.15, 0.2) is 12.0 Å². The van der Waals surface area contributed by atoms with E-state index in [1.165, 1.54) is 10.8 Å². The molecule has 0 amide bonds. The number of imidazole rings is 1. The number of carboxylic acids is 1. The maximum absolute atomic E-state index is 10.1. The Bertz CT molecular complexity index is 229. The van der Waals surface area contributed by atoms with Gasteiger partial charge >= 0.3 is 5.97 Å². The molecule has 1 N–H and O–H groups in total. The molecule has 0 fully saturated rings. The number of rotatable bonds is 1. The lowest BCUT2D eigenvalue weighted by Gasteiger charge is -1.80. The second kappa shape index (κ2) is 1.89. The zero-order valence-electron chi connectivity index (χ0n) is 4.83. The molecule has 0 bridgehead atoms. The van der Waals surface area contributed by atoms with Crippen molar-refractivity contribution in [1.82, 2.24) is 9.55 Å². The van der Waals surface area contributed by atoms with E-state index < -0.39 is 5.97 Å². The molecule has 0 saturated carbocycles. The van der Waals surface area contributed by atoms with Gasteiger partial charge in [-0.3, -0.25) is 0 Å². The first kappa shape index (κ1) is 5.81. The molecule has 1 rings (SSSR count). The number of aromatic nitrogens is 2. The van der Waals surface area contributed by atoms with E-state index in [1.54, 1.807) is 7.05 Å². The molecule has 1 aromatic rings. The number of carboxylic acid groups (broad SMARTS) is 1. The Kier molecular flexibility index (Phi) is 1.22. The highest BCUT2D eigenvalue weighted by Crippen LogP contribution is 1.90. The molecule has 1 radical (unpaired) electrons. The number of carbonyl (C=O) groups is 1. The van der Waals surface area contributed by atoms with Crippen LogP contribution in [0.25, 0.3) is 0 Å². The molecule has 47 valence electrons. The van der Waals surface area contributed by atoms with E-state index in [4.69, 9.17) is 5.11 Å². The van der Waals surface area contributed by atoms with Gasteiger partial charge in [-0.15, -0.1) is 0 Å². The van der Waals surface area contributed by atoms with Crippen LogP contribution in [0.4, 0.5) is 0 Å². The van der Waals surface area contributed by atoms with Crippen molar-refractivity contribution in [2.45, 2.75) is 0 Å². The predicted octanol–water partition coefficient (Wildman–Crippen LogP) is -0.0815. The summed E-state index contributed by atoms with van der Waals surface area (Å²) in [4.78, 5) is 13.6. The fraction of sp³-hybridized carbons (Fsp3) is 0.200. The molecule has 0 unspecified atom stereocenters. The number of aromatic carboxylic acids is 1. The van der Waals surface area contributed by atoms with Crippen molar-refractivity contribution in [3.8, 4) is 0 Å². The molecule has 0 atom stereocenters. The SMILES string of the molecule is Cn1[c]nc(C(=O)O)c1. The maximum Gasteiger partial charge on any atom is 0.356 e. The van der Waals surface area contributed by atoms with Gasteiger partial charge in [0.05, 0.1) is 0 Å². The summed E-state index contributed by atoms with van der Waals surface area (Å²) in [6, 6.07) is 0. The molecule has 0 aliphatic rings. The van der Waals surface area contributed by atoms with Crippen LogP contribution in [0.3, 0.4) is 0 Å². The van der Waals surface area contributed by atoms with Crippen LogP contribution in [0, 0.1) is 6.33 Å². The van der Waals surface area contributed by atoms with Crippen molar-refractivity contribution in [1.29, 1.82) is 0 Å². The summed E-state index contributed by atoms with van der Waals surface area (Å²) in [5, 5.41) is 8.30. The van der Waals surface area contributed by atoms with Crippen LogP contribution in [0.1, 0.15) is 10.5 Å². The quantitative estimate of drug-likeness (QED) is 0.571. The highest BCUT2D eigenvalue weighted by molar-refractivity contribution is 5.84. The molecule has 0 spiro atoms. The Balaban J connectivity index is 2.98. The minimum Gasteiger partial charge on any atom is -0.476 e. The average Bonchev–Trinajstić information content (AvgIpc) is 2.14. The van der Waals surface area contributed by atoms with E-state index in [2.05, 4.69) is 11.3 Å². The van der Waals surface area contributed by atoms with E-state index in [0.717, 1.165) is 0 Å². The summed E-state index contributed by atoms with van der Waals surface area (Å²) in [5.41, 5.74) is 0.0255. The van der Waals surface area contributed by atoms with E-state index in [-0.39, 0.29) is 5.69 Å². The zero-order chi connectivity index (χ0) is 6.85. The molecule has 9 heavy (non-hydrogen) atoms. The second-order valence-corrected chi connectivity index (χ2v) is 1.64. The fourth-order valence-corrected chi connectivity index (χ4v) is 0.477. The first-order valence-corrected chi connectivity index (χ1v) is 2.34. The lowest BCUT2D eigenvalue weighted by molar-refractivity contribution is 0.0691. The largest absolute Gasteiger partial charge is 0.476 e. The van der Waals surface area contributed by atoms with Crippen molar-refractivity contribution in [2.75, 3.05) is 0 Å². The van der Waals surface area contributed by atoms with Gasteiger partial charge in [0.2, 0.25) is 0 Å². The van der Waals surface area contributed by atoms with E-state index in [0.29, 0.717) is 0 Å². The van der Waals surface area contributed by atoms with Crippen LogP contribution in [0.2, 0.25) is 0 Å². The van der Waals surface area contributed by atoms with Crippen LogP contribution in [-0.4, -0.2) is 20.6 Å². The Labute approximate surface area is 51.8 Å². The van der Waals surface area contributed by atoms with Crippen LogP contribution in [0.15, 0.2) is 6.20 Å². The van der Waals surface area contributed by atoms with Gasteiger partial charge in [-0.1, -0.05) is 0 Å². The fourth-order valence-electron chi connectivity index (χ4n) is 0.477. The number of nitrogens with zero attached hydrogens (tertiary/aromatic N) is 2. The van der Waals surface area contributed by atoms with Gasteiger partial charge in [-0.05, 0) is 0 Å². The first-order chi connectivity index (χ1) is 4.20. The first-order valence-electron chi connectivity index (χ1n) is 2.34. The molecule has 0 saturated heterocycles. The molecule has 0 aliphatic carbocycles. The Morgan fingerprint density at radius 2 is 2.67 bits per heavy atom. The van der Waals surface area contributed by atoms with Crippen LogP contribution in [-0.2, 0) is 7.05 Å². The molecule has 0 aliphatic heterocycles. The van der Waals surface area contributed by atoms with Gasteiger partial charge in [0, 0.05) is 13.2 Å². The molecule has 4 heteroatoms. The van der Waals surface area contributed by atoms with E-state index in [1.807, 2.05) is 0 Å². The van der Waals surface area contributed by atoms with Gasteiger partial charge in [0.1, 0.15) is 0 Å². The summed E-state index contributed by atoms with van der Waals surface area (Å²) < 4.78 is 1.46. The van der Waals surface area contributed by atoms with Crippen molar-refractivity contribution in [3.05, 3.63) is 18.2 Å². The van der Waals surface area contributed by atoms with Gasteiger partial charge in [-0.25, -0.2) is 9.78 Å². The summed E-state index contributed by atoms with van der Waals surface area (Å²) >= 11 is 0. The number of hydrogen-bond donors (Lipinski definition) is 1. The summed E-state index contributed by atoms with van der Waals surface area (Å²) in [5.74, 6) is -1.02. The van der Waals surface area contributed by atoms with E-state index >= 15 is 0 Å². The summed E-state index contributed by atoms with van der Waals surface area (Å²) in [7, 11) is 1.67. The zero-order valence-corrected chi connectivity index (χ0v) is 4.83. The average molecular weight is 125 g/mol. The standard InChI is InChI=1S/C5H5N2O2/c1-7-2-4(5(8)9)6-3-7/h2H,1H3,(H,8,9). The third-order valence-electron chi connectivity index (χ3n) is 0.863. The second-order valence-electron chi connectivity index (χ2n) is 1.64. The Hall–Kier alpha value is -1.32. The van der Waals surface area contributed by atoms with Gasteiger partial charge in [-0.2, -0.15) is 0 Å². The highest BCUT2D eigenvalue weighted by Gasteiger charge is 2.03. The normalized spacial score (nSPS) is 9.44. The smallest absolute Gasteiger partial charge is 0.356 e. The molecule has 1 heterocycles. The Morgan fingerprint density at radius 3 is 2.89 bits per heavy atom. The number of aryl methyl sites for hydroxylation is 1. The van der Waals surface area contributed by atoms with Gasteiger partial charge in [0.25, 0.3) is 0 Å². The highest BCUT2D eigenvalue weighted by atomic mass is 16.4. The molecular formula is C5H5N2O2. The maximum atomic E-state index is 10.1. The molecular weight excluding hydrogens is 120 g/mol. The van der Waals surface area contributed by atoms with Gasteiger partial charge < -0.3 is 9.67 Å². The lowest BCUT2D eigenvalue weighted by Crippen LogP contribution is -1.95. The van der Waals surface area contributed by atoms with Crippen molar-refractivity contribution >= 4 is 5.97 Å². The van der Waals surface area contributed by atoms with Crippen LogP contribution in [0.5, 0.6) is 0 Å². The number of hydrogen-bond acceptors (Lipinski definition) is 2. The van der Waals surface area contributed by atoms with Crippen LogP contribution >= 0.6 is 0 Å². The lowest BCUT2D eigenvalue weighted by atomic mass is 10.5. The third-order valence-corrected chi connectivity index (χ3v) is 0.863. The van der Waals surface area contributed by atoms with Crippen molar-refractivity contribution in [2.24, 2.45) is 7.05 Å². The summed E-state index contributed by atoms with van der Waals surface area (Å²) in [6.45, 7) is 0. The monoisotopic (exact) mass is 125 g/mol. The predicted molar refractivity (Wildman–Crippen MR) is 29.0 cm³/mol. The molecule has 1 aromatic heterocycles. The van der Waals surface area contributed by atoms with Crippen LogP contribution < -0.4 is 0 Å². The van der Waals surface area contributed by atoms with Crippen molar-refractivity contribution in [3.63, 3.8) is 0 Å². The third kappa shape index (κ3) is 1.07.